The first-order chi connectivity index (χ1) is 5.92. The van der Waals surface area contributed by atoms with Crippen LogP contribution in [0.25, 0.3) is 0 Å². The van der Waals surface area contributed by atoms with E-state index in [-0.39, 0.29) is 10.3 Å². The molecular weight excluding hydrogens is 256 g/mol. The molecule has 14 heavy (non-hydrogen) atoms. The molecule has 0 aliphatic rings. The van der Waals surface area contributed by atoms with Crippen LogP contribution in [0.5, 0.6) is 0 Å². The Hall–Kier alpha value is 0.749. The molecule has 86 valence electrons. The van der Waals surface area contributed by atoms with Gasteiger partial charge in [-0.1, -0.05) is 0 Å². The summed E-state index contributed by atoms with van der Waals surface area (Å²) in [4.78, 5) is 0. The van der Waals surface area contributed by atoms with Crippen molar-refractivity contribution in [2.75, 3.05) is 0 Å². The van der Waals surface area contributed by atoms with E-state index in [1.54, 1.807) is 0 Å². The third-order valence-electron chi connectivity index (χ3n) is 2.21. The zero-order valence-electron chi connectivity index (χ0n) is 10.9. The van der Waals surface area contributed by atoms with Gasteiger partial charge in [-0.25, -0.2) is 0 Å². The molecule has 0 rings (SSSR count). The van der Waals surface area contributed by atoms with Gasteiger partial charge < -0.3 is 0 Å². The van der Waals surface area contributed by atoms with Crippen molar-refractivity contribution in [1.82, 2.24) is 0 Å². The fourth-order valence-electron chi connectivity index (χ4n) is 1.68. The van der Waals surface area contributed by atoms with Gasteiger partial charge in [0, 0.05) is 0 Å². The first-order valence-corrected chi connectivity index (χ1v) is 9.20. The van der Waals surface area contributed by atoms with E-state index in [0.717, 1.165) is 0 Å². The molecule has 0 amide bonds. The van der Waals surface area contributed by atoms with Crippen LogP contribution in [-0.4, -0.2) is 31.9 Å². The Kier molecular flexibility index (Phi) is 4.55. The van der Waals surface area contributed by atoms with E-state index in [1.165, 1.54) is 0 Å². The third-order valence-corrected chi connectivity index (χ3v) is 14.1. The molecule has 0 N–H and O–H groups in total. The Morgan fingerprint density at radius 2 is 1.21 bits per heavy atom. The molecule has 0 unspecified atom stereocenters. The summed E-state index contributed by atoms with van der Waals surface area (Å²) in [5.74, 6) is -1.39. The average Bonchev–Trinajstić information content (AvgIpc) is 1.79. The summed E-state index contributed by atoms with van der Waals surface area (Å²) < 4.78 is 5.01. The standard InChI is InChI=1S/C11H25NPSe/c1-9(2)12-13(14,10(3,4)5)11(6,7)8/h9H,1-8H3/q-1. The molecule has 0 heterocycles. The van der Waals surface area contributed by atoms with Crippen LogP contribution in [0.3, 0.4) is 0 Å². The van der Waals surface area contributed by atoms with Crippen molar-refractivity contribution in [3.63, 3.8) is 0 Å². The Labute approximate surface area is 97.9 Å². The van der Waals surface area contributed by atoms with E-state index in [2.05, 4.69) is 71.0 Å². The molecule has 0 aromatic heterocycles. The zero-order chi connectivity index (χ0) is 11.8. The van der Waals surface area contributed by atoms with Crippen LogP contribution in [-0.2, 0) is 0 Å². The molecule has 0 bridgehead atoms. The first-order valence-electron chi connectivity index (χ1n) is 5.24. The van der Waals surface area contributed by atoms with Gasteiger partial charge in [0.1, 0.15) is 0 Å². The van der Waals surface area contributed by atoms with E-state index >= 15 is 0 Å². The van der Waals surface area contributed by atoms with Gasteiger partial charge in [0.05, 0.1) is 0 Å². The minimum absolute atomic E-state index is 0.259. The molecule has 0 aliphatic carbocycles. The van der Waals surface area contributed by atoms with Gasteiger partial charge in [-0.15, -0.1) is 0 Å². The van der Waals surface area contributed by atoms with Crippen molar-refractivity contribution in [2.45, 2.75) is 71.7 Å². The van der Waals surface area contributed by atoms with Gasteiger partial charge >= 0.3 is 97.8 Å². The Morgan fingerprint density at radius 3 is 1.29 bits per heavy atom. The topological polar surface area (TPSA) is 12.4 Å². The second kappa shape index (κ2) is 4.32. The zero-order valence-corrected chi connectivity index (χ0v) is 13.5. The summed E-state index contributed by atoms with van der Waals surface area (Å²) in [5, 5.41) is 0.519. The fraction of sp³-hybridized carbons (Fsp3) is 1.00. The van der Waals surface area contributed by atoms with Gasteiger partial charge in [-0.2, -0.15) is 0 Å². The number of rotatable bonds is 1. The van der Waals surface area contributed by atoms with Crippen molar-refractivity contribution in [1.29, 1.82) is 0 Å². The van der Waals surface area contributed by atoms with E-state index in [0.29, 0.717) is 6.04 Å². The second-order valence-electron chi connectivity index (χ2n) is 6.13. The summed E-state index contributed by atoms with van der Waals surface area (Å²) in [6.45, 7) is 18.1. The van der Waals surface area contributed by atoms with Crippen LogP contribution in [0.4, 0.5) is 0 Å². The monoisotopic (exact) mass is 282 g/mol. The van der Waals surface area contributed by atoms with Crippen LogP contribution in [0.15, 0.2) is 4.74 Å². The van der Waals surface area contributed by atoms with E-state index in [1.807, 2.05) is 0 Å². The van der Waals surface area contributed by atoms with Crippen LogP contribution < -0.4 is 0 Å². The average molecular weight is 281 g/mol. The second-order valence-corrected chi connectivity index (χ2v) is 13.5. The maximum absolute atomic E-state index is 5.01. The van der Waals surface area contributed by atoms with E-state index in [4.69, 9.17) is 4.74 Å². The van der Waals surface area contributed by atoms with Crippen LogP contribution in [0.2, 0.25) is 0 Å². The molecule has 0 spiro atoms. The van der Waals surface area contributed by atoms with Gasteiger partial charge in [0.25, 0.3) is 0 Å². The first kappa shape index (κ1) is 14.7. The summed E-state index contributed by atoms with van der Waals surface area (Å²) >= 11 is 3.45. The molecular formula is C11H25NPSe-. The molecule has 0 aromatic carbocycles. The predicted molar refractivity (Wildman–Crippen MR) is 69.7 cm³/mol. The molecule has 1 nitrogen and oxygen atoms in total. The molecule has 3 heteroatoms. The summed E-state index contributed by atoms with van der Waals surface area (Å²) in [6, 6.07) is 0.419. The summed E-state index contributed by atoms with van der Waals surface area (Å²) in [7, 11) is 0. The van der Waals surface area contributed by atoms with Crippen LogP contribution >= 0.6 is 5.74 Å². The van der Waals surface area contributed by atoms with Crippen molar-refractivity contribution in [3.8, 4) is 0 Å². The summed E-state index contributed by atoms with van der Waals surface area (Å²) in [5.41, 5.74) is 0. The van der Waals surface area contributed by atoms with Crippen LogP contribution in [0.1, 0.15) is 55.4 Å². The molecule has 0 aromatic rings. The Balaban J connectivity index is 5.54. The van der Waals surface area contributed by atoms with Gasteiger partial charge in [-0.3, -0.25) is 0 Å². The van der Waals surface area contributed by atoms with E-state index in [9.17, 15) is 0 Å². The third kappa shape index (κ3) is 3.12. The summed E-state index contributed by atoms with van der Waals surface area (Å²) in [6.07, 6.45) is 0. The molecule has 0 aliphatic heterocycles. The fourth-order valence-corrected chi connectivity index (χ4v) is 6.22. The van der Waals surface area contributed by atoms with Crippen LogP contribution in [0, 0.1) is 0 Å². The molecule has 0 fully saturated rings. The molecule has 0 atom stereocenters. The molecule has 0 saturated carbocycles. The minimum atomic E-state index is -1.39. The SMILES string of the molecule is CC(C)N=P([Se-])(C(C)(C)C)C(C)(C)C. The molecule has 0 radical (unpaired) electrons. The number of nitrogens with zero attached hydrogens (tertiary/aromatic N) is 1. The maximum atomic E-state index is 5.01. The number of hydrogen-bond acceptors (Lipinski definition) is 1. The van der Waals surface area contributed by atoms with Crippen molar-refractivity contribution < 1.29 is 0 Å². The van der Waals surface area contributed by atoms with Crippen molar-refractivity contribution in [2.24, 2.45) is 4.74 Å². The quantitative estimate of drug-likeness (QED) is 0.502. The Bertz CT molecular complexity index is 225. The predicted octanol–water partition coefficient (Wildman–Crippen LogP) is 4.28. The van der Waals surface area contributed by atoms with Crippen molar-refractivity contribution >= 4 is 21.3 Å². The van der Waals surface area contributed by atoms with E-state index < -0.39 is 5.74 Å². The molecule has 0 saturated heterocycles. The Morgan fingerprint density at radius 1 is 0.929 bits per heavy atom. The number of hydrogen-bond donors (Lipinski definition) is 0. The van der Waals surface area contributed by atoms with Gasteiger partial charge in [0.15, 0.2) is 0 Å². The van der Waals surface area contributed by atoms with Gasteiger partial charge in [0.2, 0.25) is 0 Å². The van der Waals surface area contributed by atoms with Gasteiger partial charge in [-0.05, 0) is 0 Å². The normalized spacial score (nSPS) is 14.7. The van der Waals surface area contributed by atoms with Crippen molar-refractivity contribution in [3.05, 3.63) is 0 Å².